The van der Waals surface area contributed by atoms with Crippen molar-refractivity contribution in [3.63, 3.8) is 0 Å². The zero-order valence-electron chi connectivity index (χ0n) is 11.0. The van der Waals surface area contributed by atoms with Crippen molar-refractivity contribution in [2.45, 2.75) is 6.92 Å². The van der Waals surface area contributed by atoms with Crippen molar-refractivity contribution >= 4 is 33.9 Å². The van der Waals surface area contributed by atoms with E-state index in [4.69, 9.17) is 9.47 Å². The molecule has 2 N–H and O–H groups in total. The lowest BCUT2D eigenvalue weighted by atomic mass is 10.1. The predicted octanol–water partition coefficient (Wildman–Crippen LogP) is 2.04. The predicted molar refractivity (Wildman–Crippen MR) is 76.5 cm³/mol. The summed E-state index contributed by atoms with van der Waals surface area (Å²) in [5.41, 5.74) is 0.880. The third-order valence-electron chi connectivity index (χ3n) is 2.60. The molecule has 0 radical (unpaired) electrons. The van der Waals surface area contributed by atoms with E-state index in [2.05, 4.69) is 26.6 Å². The number of carbonyl (C=O) groups excluding carboxylic acids is 2. The van der Waals surface area contributed by atoms with Crippen molar-refractivity contribution in [2.24, 2.45) is 0 Å². The lowest BCUT2D eigenvalue weighted by Gasteiger charge is -2.11. The first-order valence-corrected chi connectivity index (χ1v) is 6.68. The molecule has 1 aliphatic rings. The number of methoxy groups -OCH3 is 1. The van der Waals surface area contributed by atoms with Crippen molar-refractivity contribution < 1.29 is 19.1 Å². The highest BCUT2D eigenvalue weighted by atomic mass is 79.9. The van der Waals surface area contributed by atoms with E-state index in [9.17, 15) is 9.59 Å². The number of benzene rings is 1. The monoisotopic (exact) mass is 340 g/mol. The summed E-state index contributed by atoms with van der Waals surface area (Å²) in [4.78, 5) is 22.6. The summed E-state index contributed by atoms with van der Waals surface area (Å²) < 4.78 is 11.4. The number of carbonyl (C=O) groups is 2. The van der Waals surface area contributed by atoms with E-state index >= 15 is 0 Å². The molecular formula is C13H13BrN2O4. The maximum atomic E-state index is 11.5. The first-order valence-electron chi connectivity index (χ1n) is 5.89. The van der Waals surface area contributed by atoms with Crippen LogP contribution in [0.3, 0.4) is 0 Å². The summed E-state index contributed by atoms with van der Waals surface area (Å²) in [6.45, 7) is 2.36. The third-order valence-corrected chi connectivity index (χ3v) is 3.29. The van der Waals surface area contributed by atoms with E-state index < -0.39 is 11.9 Å². The van der Waals surface area contributed by atoms with Crippen molar-refractivity contribution in [1.82, 2.24) is 10.6 Å². The van der Waals surface area contributed by atoms with Gasteiger partial charge in [-0.25, -0.2) is 4.79 Å². The zero-order valence-corrected chi connectivity index (χ0v) is 12.5. The van der Waals surface area contributed by atoms with Gasteiger partial charge in [-0.15, -0.1) is 0 Å². The van der Waals surface area contributed by atoms with Crippen molar-refractivity contribution in [2.75, 3.05) is 13.7 Å². The fourth-order valence-corrected chi connectivity index (χ4v) is 2.16. The molecule has 3 amide bonds. The minimum Gasteiger partial charge on any atom is -0.493 e. The largest absolute Gasteiger partial charge is 0.493 e. The Bertz CT molecular complexity index is 598. The molecule has 0 spiro atoms. The number of halogens is 1. The molecule has 20 heavy (non-hydrogen) atoms. The van der Waals surface area contributed by atoms with Crippen LogP contribution in [0.5, 0.6) is 11.5 Å². The van der Waals surface area contributed by atoms with Crippen LogP contribution in [0.25, 0.3) is 6.08 Å². The Labute approximate surface area is 124 Å². The van der Waals surface area contributed by atoms with E-state index in [-0.39, 0.29) is 5.70 Å². The average Bonchev–Trinajstić information content (AvgIpc) is 2.71. The quantitative estimate of drug-likeness (QED) is 0.649. The third kappa shape index (κ3) is 2.93. The van der Waals surface area contributed by atoms with Gasteiger partial charge in [-0.1, -0.05) is 15.9 Å². The second-order valence-corrected chi connectivity index (χ2v) is 4.78. The Kier molecular flexibility index (Phi) is 4.29. The van der Waals surface area contributed by atoms with Gasteiger partial charge >= 0.3 is 6.03 Å². The van der Waals surface area contributed by atoms with Gasteiger partial charge in [0.1, 0.15) is 5.70 Å². The molecular weight excluding hydrogens is 328 g/mol. The minimum absolute atomic E-state index is 0.184. The molecule has 1 saturated heterocycles. The average molecular weight is 341 g/mol. The minimum atomic E-state index is -0.532. The maximum Gasteiger partial charge on any atom is 0.326 e. The van der Waals surface area contributed by atoms with E-state index in [1.165, 1.54) is 0 Å². The molecule has 0 aliphatic carbocycles. The number of hydrogen-bond acceptors (Lipinski definition) is 4. The Morgan fingerprint density at radius 1 is 1.25 bits per heavy atom. The normalized spacial score (nSPS) is 16.1. The first kappa shape index (κ1) is 14.4. The van der Waals surface area contributed by atoms with E-state index in [0.29, 0.717) is 23.7 Å². The van der Waals surface area contributed by atoms with Crippen LogP contribution in [-0.4, -0.2) is 25.7 Å². The summed E-state index contributed by atoms with van der Waals surface area (Å²) in [7, 11) is 1.55. The number of hydrogen-bond donors (Lipinski definition) is 2. The van der Waals surface area contributed by atoms with E-state index in [1.54, 1.807) is 25.3 Å². The van der Waals surface area contributed by atoms with Gasteiger partial charge in [-0.2, -0.15) is 0 Å². The molecule has 1 aromatic rings. The standard InChI is InChI=1S/C13H13BrN2O4/c1-3-20-11-5-7(8(14)6-10(11)19-2)4-9-12(17)16-13(18)15-9/h4-6H,3H2,1-2H3,(H2,15,16,17,18)/b9-4-. The summed E-state index contributed by atoms with van der Waals surface area (Å²) in [6.07, 6.45) is 1.56. The van der Waals surface area contributed by atoms with Gasteiger partial charge < -0.3 is 14.8 Å². The number of urea groups is 1. The fraction of sp³-hybridized carbons (Fsp3) is 0.231. The summed E-state index contributed by atoms with van der Waals surface area (Å²) >= 11 is 3.39. The van der Waals surface area contributed by atoms with Crippen LogP contribution in [0.1, 0.15) is 12.5 Å². The maximum absolute atomic E-state index is 11.5. The highest BCUT2D eigenvalue weighted by Crippen LogP contribution is 2.34. The lowest BCUT2D eigenvalue weighted by molar-refractivity contribution is -0.115. The molecule has 0 saturated carbocycles. The molecule has 1 fully saturated rings. The summed E-state index contributed by atoms with van der Waals surface area (Å²) in [5.74, 6) is 0.686. The molecule has 7 heteroatoms. The molecule has 1 heterocycles. The van der Waals surface area contributed by atoms with Gasteiger partial charge in [0, 0.05) is 4.47 Å². The molecule has 2 rings (SSSR count). The Morgan fingerprint density at radius 2 is 2.00 bits per heavy atom. The SMILES string of the molecule is CCOc1cc(/C=C2\NC(=O)NC2=O)c(Br)cc1OC. The van der Waals surface area contributed by atoms with Crippen molar-refractivity contribution in [1.29, 1.82) is 0 Å². The molecule has 0 atom stereocenters. The number of imide groups is 1. The van der Waals surface area contributed by atoms with Crippen LogP contribution in [0.2, 0.25) is 0 Å². The van der Waals surface area contributed by atoms with Gasteiger partial charge in [-0.3, -0.25) is 10.1 Å². The molecule has 1 aromatic carbocycles. The first-order chi connectivity index (χ1) is 9.55. The van der Waals surface area contributed by atoms with Crippen LogP contribution < -0.4 is 20.1 Å². The van der Waals surface area contributed by atoms with Gasteiger partial charge in [0.15, 0.2) is 11.5 Å². The fourth-order valence-electron chi connectivity index (χ4n) is 1.73. The van der Waals surface area contributed by atoms with E-state index in [1.807, 2.05) is 6.92 Å². The van der Waals surface area contributed by atoms with Crippen LogP contribution in [0.4, 0.5) is 4.79 Å². The Morgan fingerprint density at radius 3 is 2.55 bits per heavy atom. The molecule has 1 aliphatic heterocycles. The summed E-state index contributed by atoms with van der Waals surface area (Å²) in [6, 6.07) is 2.94. The van der Waals surface area contributed by atoms with Crippen LogP contribution in [-0.2, 0) is 4.79 Å². The summed E-state index contributed by atoms with van der Waals surface area (Å²) in [5, 5.41) is 4.57. The molecule has 0 aromatic heterocycles. The van der Waals surface area contributed by atoms with Crippen molar-refractivity contribution in [3.05, 3.63) is 27.9 Å². The number of amides is 3. The lowest BCUT2D eigenvalue weighted by Crippen LogP contribution is -2.22. The smallest absolute Gasteiger partial charge is 0.326 e. The zero-order chi connectivity index (χ0) is 14.7. The van der Waals surface area contributed by atoms with Crippen LogP contribution in [0.15, 0.2) is 22.3 Å². The number of rotatable bonds is 4. The van der Waals surface area contributed by atoms with Crippen molar-refractivity contribution in [3.8, 4) is 11.5 Å². The van der Waals surface area contributed by atoms with Crippen LogP contribution in [0, 0.1) is 0 Å². The Hall–Kier alpha value is -2.02. The van der Waals surface area contributed by atoms with Crippen LogP contribution >= 0.6 is 15.9 Å². The molecule has 0 bridgehead atoms. The highest BCUT2D eigenvalue weighted by molar-refractivity contribution is 9.10. The molecule has 6 nitrogen and oxygen atoms in total. The topological polar surface area (TPSA) is 76.7 Å². The number of ether oxygens (including phenoxy) is 2. The molecule has 0 unspecified atom stereocenters. The Balaban J connectivity index is 2.41. The highest BCUT2D eigenvalue weighted by Gasteiger charge is 2.23. The second kappa shape index (κ2) is 5.96. The van der Waals surface area contributed by atoms with Gasteiger partial charge in [0.05, 0.1) is 13.7 Å². The van der Waals surface area contributed by atoms with Gasteiger partial charge in [0.2, 0.25) is 0 Å². The number of nitrogens with one attached hydrogen (secondary N) is 2. The molecule has 106 valence electrons. The second-order valence-electron chi connectivity index (χ2n) is 3.92. The van der Waals surface area contributed by atoms with Gasteiger partial charge in [-0.05, 0) is 30.7 Å². The van der Waals surface area contributed by atoms with Gasteiger partial charge in [0.25, 0.3) is 5.91 Å². The van der Waals surface area contributed by atoms with E-state index in [0.717, 1.165) is 4.47 Å².